The van der Waals surface area contributed by atoms with Gasteiger partial charge in [-0.25, -0.2) is 9.55 Å². The fraction of sp³-hybridized carbons (Fsp3) is 0.500. The Bertz CT molecular complexity index is 818. The van der Waals surface area contributed by atoms with Gasteiger partial charge in [0.05, 0.1) is 12.9 Å². The summed E-state index contributed by atoms with van der Waals surface area (Å²) < 4.78 is 34.8. The van der Waals surface area contributed by atoms with Crippen molar-refractivity contribution in [3.05, 3.63) is 12.4 Å². The molecule has 15 heteroatoms. The summed E-state index contributed by atoms with van der Waals surface area (Å²) in [6, 6.07) is 0. The summed E-state index contributed by atoms with van der Waals surface area (Å²) in [5.41, 5.74) is 5.52. The molecule has 2 aromatic rings. The third kappa shape index (κ3) is 4.17. The maximum absolute atomic E-state index is 13.3. The van der Waals surface area contributed by atoms with Crippen molar-refractivity contribution >= 4 is 24.8 Å². The van der Waals surface area contributed by atoms with Gasteiger partial charge in [0.1, 0.15) is 18.3 Å². The molecule has 3 rings (SSSR count). The third-order valence-electron chi connectivity index (χ3n) is 3.44. The van der Waals surface area contributed by atoms with E-state index in [2.05, 4.69) is 19.5 Å². The van der Waals surface area contributed by atoms with Crippen molar-refractivity contribution in [3.8, 4) is 0 Å². The van der Waals surface area contributed by atoms with E-state index in [9.17, 15) is 19.2 Å². The van der Waals surface area contributed by atoms with E-state index in [1.165, 1.54) is 0 Å². The molecule has 6 N–H and O–H groups in total. The number of phosphoric acid groups is 1. The van der Waals surface area contributed by atoms with E-state index >= 15 is 0 Å². The van der Waals surface area contributed by atoms with Crippen molar-refractivity contribution in [2.45, 2.75) is 24.5 Å². The van der Waals surface area contributed by atoms with Gasteiger partial charge in [-0.3, -0.25) is 9.09 Å². The van der Waals surface area contributed by atoms with Crippen LogP contribution in [-0.4, -0.2) is 64.4 Å². The number of hydrogen-bond donors (Lipinski definition) is 5. The molecule has 12 nitrogen and oxygen atoms in total. The Morgan fingerprint density at radius 2 is 2.04 bits per heavy atom. The summed E-state index contributed by atoms with van der Waals surface area (Å²) in [6.07, 6.45) is -5.46. The van der Waals surface area contributed by atoms with Gasteiger partial charge in [-0.2, -0.15) is 14.4 Å². The van der Waals surface area contributed by atoms with Crippen molar-refractivity contribution in [1.29, 1.82) is 0 Å². The quantitative estimate of drug-likeness (QED) is 0.192. The Balaban J connectivity index is 0.00000225. The number of fused-ring (bicyclic) bond motifs is 1. The zero-order valence-corrected chi connectivity index (χ0v) is 15.7. The molecule has 3 heterocycles. The number of nitrogen functional groups attached to an aromatic ring is 1. The zero-order valence-electron chi connectivity index (χ0n) is 12.8. The summed E-state index contributed by atoms with van der Waals surface area (Å²) >= 11 is 0. The van der Waals surface area contributed by atoms with Gasteiger partial charge in [0.2, 0.25) is 0 Å². The minimum absolute atomic E-state index is 0. The number of ether oxygens (including phenoxy) is 1. The number of aliphatic hydroxyl groups excluding tert-OH is 2. The van der Waals surface area contributed by atoms with Gasteiger partial charge in [-0.1, -0.05) is 0 Å². The Morgan fingerprint density at radius 3 is 2.68 bits per heavy atom. The van der Waals surface area contributed by atoms with Crippen molar-refractivity contribution in [3.63, 3.8) is 0 Å². The number of anilines is 1. The fourth-order valence-corrected chi connectivity index (χ4v) is 2.71. The number of halogens is 1. The Morgan fingerprint density at radius 1 is 1.36 bits per heavy atom. The molecular weight excluding hydrogens is 375 g/mol. The Kier molecular flexibility index (Phi) is 6.16. The molecule has 0 unspecified atom stereocenters. The standard InChI is InChI=1S/C10H13FN5O7P.Na/c11-10-14-7(12)4-8(15-10)16(2-13-4)9-6(18)5(17)3(23-9)1-22-24(19,20)21;/h2-3,5-6,9,17-18H,1H2,(H2,12,14,15)(H2,19,20,21);/q;+1/t3-,5-,6+,9-;/m1./s1. The summed E-state index contributed by atoms with van der Waals surface area (Å²) in [5.74, 6) is -0.217. The number of nitrogens with zero attached hydrogens (tertiary/aromatic N) is 4. The normalized spacial score (nSPS) is 26.8. The van der Waals surface area contributed by atoms with Crippen LogP contribution in [0, 0.1) is 6.08 Å². The van der Waals surface area contributed by atoms with Gasteiger partial charge in [-0.05, 0) is 0 Å². The zero-order chi connectivity index (χ0) is 17.6. The molecule has 0 amide bonds. The second-order valence-electron chi connectivity index (χ2n) is 5.03. The van der Waals surface area contributed by atoms with Crippen LogP contribution in [0.25, 0.3) is 11.2 Å². The molecule has 1 saturated heterocycles. The molecule has 2 aromatic heterocycles. The van der Waals surface area contributed by atoms with Crippen LogP contribution in [-0.2, 0) is 13.8 Å². The molecule has 0 bridgehead atoms. The fourth-order valence-electron chi connectivity index (χ4n) is 2.36. The van der Waals surface area contributed by atoms with Crippen LogP contribution >= 0.6 is 7.82 Å². The molecule has 0 aromatic carbocycles. The summed E-state index contributed by atoms with van der Waals surface area (Å²) in [4.78, 5) is 28.1. The molecule has 0 radical (unpaired) electrons. The molecule has 25 heavy (non-hydrogen) atoms. The predicted octanol–water partition coefficient (Wildman–Crippen LogP) is -4.72. The van der Waals surface area contributed by atoms with Crippen LogP contribution in [0.15, 0.2) is 6.33 Å². The molecule has 1 fully saturated rings. The second-order valence-corrected chi connectivity index (χ2v) is 6.27. The number of rotatable bonds is 4. The van der Waals surface area contributed by atoms with Crippen LogP contribution < -0.4 is 35.3 Å². The Hall–Kier alpha value is -0.730. The third-order valence-corrected chi connectivity index (χ3v) is 3.92. The minimum Gasteiger partial charge on any atom is -0.387 e. The van der Waals surface area contributed by atoms with E-state index in [4.69, 9.17) is 20.3 Å². The number of aliphatic hydroxyl groups is 2. The first-order valence-electron chi connectivity index (χ1n) is 6.54. The number of hydrogen-bond acceptors (Lipinski definition) is 9. The van der Waals surface area contributed by atoms with E-state index in [1.54, 1.807) is 0 Å². The number of nitrogens with two attached hydrogens (primary N) is 1. The molecule has 0 spiro atoms. The molecule has 0 aliphatic carbocycles. The van der Waals surface area contributed by atoms with Crippen molar-refractivity contribution in [2.75, 3.05) is 12.3 Å². The maximum atomic E-state index is 13.3. The van der Waals surface area contributed by atoms with Gasteiger partial charge in [0, 0.05) is 0 Å². The average Bonchev–Trinajstić information content (AvgIpc) is 3.00. The second kappa shape index (κ2) is 7.48. The summed E-state index contributed by atoms with van der Waals surface area (Å²) in [5, 5.41) is 20.0. The maximum Gasteiger partial charge on any atom is 1.00 e. The van der Waals surface area contributed by atoms with E-state index in [-0.39, 0.29) is 46.5 Å². The van der Waals surface area contributed by atoms with Gasteiger partial charge in [0.25, 0.3) is 0 Å². The van der Waals surface area contributed by atoms with Gasteiger partial charge in [0.15, 0.2) is 23.2 Å². The number of phosphoric ester groups is 1. The van der Waals surface area contributed by atoms with Crippen LogP contribution in [0.5, 0.6) is 0 Å². The molecule has 4 atom stereocenters. The minimum atomic E-state index is -4.78. The van der Waals surface area contributed by atoms with Crippen molar-refractivity contribution in [1.82, 2.24) is 19.5 Å². The summed E-state index contributed by atoms with van der Waals surface area (Å²) in [6.45, 7) is -0.670. The molecule has 0 saturated carbocycles. The first-order chi connectivity index (χ1) is 11.2. The van der Waals surface area contributed by atoms with Gasteiger partial charge >= 0.3 is 43.5 Å². The molecule has 1 aliphatic heterocycles. The van der Waals surface area contributed by atoms with Crippen LogP contribution in [0.4, 0.5) is 10.2 Å². The van der Waals surface area contributed by atoms with Gasteiger partial charge < -0.3 is 30.5 Å². The van der Waals surface area contributed by atoms with Crippen LogP contribution in [0.3, 0.4) is 0 Å². The Labute approximate surface area is 161 Å². The van der Waals surface area contributed by atoms with Crippen molar-refractivity contribution in [2.24, 2.45) is 0 Å². The topological polar surface area (TPSA) is 186 Å². The van der Waals surface area contributed by atoms with Crippen LogP contribution in [0.1, 0.15) is 6.23 Å². The number of aromatic nitrogens is 4. The summed E-state index contributed by atoms with van der Waals surface area (Å²) in [7, 11) is -4.78. The monoisotopic (exact) mass is 388 g/mol. The van der Waals surface area contributed by atoms with E-state index in [1.807, 2.05) is 0 Å². The van der Waals surface area contributed by atoms with Crippen LogP contribution in [0.2, 0.25) is 0 Å². The van der Waals surface area contributed by atoms with E-state index in [0.717, 1.165) is 10.9 Å². The first-order valence-corrected chi connectivity index (χ1v) is 8.07. The molecular formula is C10H13FN5NaO7P+. The molecule has 132 valence electrons. The average molecular weight is 388 g/mol. The van der Waals surface area contributed by atoms with E-state index in [0.29, 0.717) is 0 Å². The van der Waals surface area contributed by atoms with E-state index < -0.39 is 45.0 Å². The molecule has 1 aliphatic rings. The smallest absolute Gasteiger partial charge is 0.387 e. The SMILES string of the molecule is Nc1nc(F)nc2c1ncn2[C@@H]1O[C@H](COP(=O)(O)O)[C@@H](O)[C@@H]1O.[Na+]. The predicted molar refractivity (Wildman–Crippen MR) is 73.6 cm³/mol. The number of imidazole rings is 1. The van der Waals surface area contributed by atoms with Gasteiger partial charge in [-0.15, -0.1) is 0 Å². The largest absolute Gasteiger partial charge is 1.00 e. The first kappa shape index (κ1) is 20.6. The van der Waals surface area contributed by atoms with Crippen molar-refractivity contribution < 1.29 is 67.8 Å².